The van der Waals surface area contributed by atoms with Crippen LogP contribution in [-0.4, -0.2) is 31.4 Å². The lowest BCUT2D eigenvalue weighted by Gasteiger charge is -2.22. The average molecular weight is 411 g/mol. The van der Waals surface area contributed by atoms with Crippen molar-refractivity contribution in [1.29, 1.82) is 0 Å². The number of amides is 1. The molecular formula is C20H21N5O3S. The van der Waals surface area contributed by atoms with Crippen molar-refractivity contribution < 1.29 is 9.32 Å². The third-order valence-corrected chi connectivity index (χ3v) is 5.79. The molecule has 1 aliphatic rings. The Kier molecular flexibility index (Phi) is 5.75. The van der Waals surface area contributed by atoms with Crippen molar-refractivity contribution in [3.63, 3.8) is 0 Å². The second-order valence-corrected chi connectivity index (χ2v) is 7.90. The van der Waals surface area contributed by atoms with Crippen LogP contribution in [0, 0.1) is 6.92 Å². The van der Waals surface area contributed by atoms with Gasteiger partial charge in [-0.1, -0.05) is 16.9 Å². The van der Waals surface area contributed by atoms with E-state index in [1.807, 2.05) is 12.1 Å². The van der Waals surface area contributed by atoms with E-state index in [2.05, 4.69) is 20.4 Å². The summed E-state index contributed by atoms with van der Waals surface area (Å²) < 4.78 is 6.70. The van der Waals surface area contributed by atoms with Crippen molar-refractivity contribution in [2.45, 2.75) is 44.2 Å². The molecule has 29 heavy (non-hydrogen) atoms. The number of pyridine rings is 1. The predicted octanol–water partition coefficient (Wildman–Crippen LogP) is 2.59. The van der Waals surface area contributed by atoms with E-state index >= 15 is 0 Å². The van der Waals surface area contributed by atoms with Gasteiger partial charge in [-0.3, -0.25) is 14.3 Å². The largest absolute Gasteiger partial charge is 0.360 e. The molecule has 1 aliphatic carbocycles. The molecular weight excluding hydrogens is 390 g/mol. The lowest BCUT2D eigenvalue weighted by atomic mass is 9.97. The number of nitrogens with zero attached hydrogens (tertiary/aromatic N) is 4. The molecule has 0 spiro atoms. The topological polar surface area (TPSA) is 103 Å². The second kappa shape index (κ2) is 8.60. The SMILES string of the molecule is Cc1cc(NC(=O)CSc2nc(=O)n(Cc3ccncc3)c3c2CCCC3)no1. The van der Waals surface area contributed by atoms with Gasteiger partial charge < -0.3 is 9.84 Å². The van der Waals surface area contributed by atoms with E-state index in [0.29, 0.717) is 23.1 Å². The summed E-state index contributed by atoms with van der Waals surface area (Å²) in [6.45, 7) is 2.24. The number of anilines is 1. The van der Waals surface area contributed by atoms with Crippen LogP contribution in [0.5, 0.6) is 0 Å². The van der Waals surface area contributed by atoms with Gasteiger partial charge in [-0.05, 0) is 50.3 Å². The maximum Gasteiger partial charge on any atom is 0.349 e. The first-order valence-electron chi connectivity index (χ1n) is 9.47. The highest BCUT2D eigenvalue weighted by Gasteiger charge is 2.21. The van der Waals surface area contributed by atoms with Crippen LogP contribution < -0.4 is 11.0 Å². The van der Waals surface area contributed by atoms with Gasteiger partial charge in [0.05, 0.1) is 12.3 Å². The minimum absolute atomic E-state index is 0.152. The molecule has 3 heterocycles. The van der Waals surface area contributed by atoms with Gasteiger partial charge in [0, 0.05) is 29.7 Å². The number of nitrogens with one attached hydrogen (secondary N) is 1. The van der Waals surface area contributed by atoms with Gasteiger partial charge in [0.15, 0.2) is 5.82 Å². The zero-order chi connectivity index (χ0) is 20.2. The number of hydrogen-bond acceptors (Lipinski definition) is 7. The fourth-order valence-electron chi connectivity index (χ4n) is 3.44. The van der Waals surface area contributed by atoms with E-state index in [1.165, 1.54) is 11.8 Å². The fraction of sp³-hybridized carbons (Fsp3) is 0.350. The van der Waals surface area contributed by atoms with Gasteiger partial charge in [0.1, 0.15) is 10.8 Å². The average Bonchev–Trinajstić information content (AvgIpc) is 3.14. The van der Waals surface area contributed by atoms with E-state index in [4.69, 9.17) is 4.52 Å². The van der Waals surface area contributed by atoms with Crippen LogP contribution in [0.3, 0.4) is 0 Å². The Hall–Kier alpha value is -2.94. The van der Waals surface area contributed by atoms with Gasteiger partial charge in [0.2, 0.25) is 5.91 Å². The molecule has 3 aromatic rings. The van der Waals surface area contributed by atoms with Gasteiger partial charge >= 0.3 is 5.69 Å². The Bertz CT molecular complexity index is 1080. The summed E-state index contributed by atoms with van der Waals surface area (Å²) in [6.07, 6.45) is 7.25. The smallest absolute Gasteiger partial charge is 0.349 e. The van der Waals surface area contributed by atoms with E-state index in [1.54, 1.807) is 30.0 Å². The maximum absolute atomic E-state index is 12.8. The Morgan fingerprint density at radius 3 is 2.83 bits per heavy atom. The van der Waals surface area contributed by atoms with Gasteiger partial charge in [-0.15, -0.1) is 0 Å². The molecule has 0 bridgehead atoms. The van der Waals surface area contributed by atoms with Crippen molar-refractivity contribution >= 4 is 23.5 Å². The number of carbonyl (C=O) groups is 1. The lowest BCUT2D eigenvalue weighted by Crippen LogP contribution is -2.30. The maximum atomic E-state index is 12.8. The highest BCUT2D eigenvalue weighted by atomic mass is 32.2. The molecule has 0 fully saturated rings. The summed E-state index contributed by atoms with van der Waals surface area (Å²) >= 11 is 1.29. The van der Waals surface area contributed by atoms with Crippen molar-refractivity contribution in [2.24, 2.45) is 0 Å². The molecule has 0 saturated heterocycles. The second-order valence-electron chi connectivity index (χ2n) is 6.93. The third-order valence-electron chi connectivity index (χ3n) is 4.78. The number of fused-ring (bicyclic) bond motifs is 1. The Morgan fingerprint density at radius 2 is 2.07 bits per heavy atom. The molecule has 0 radical (unpaired) electrons. The van der Waals surface area contributed by atoms with E-state index < -0.39 is 0 Å². The molecule has 0 aromatic carbocycles. The molecule has 1 N–H and O–H groups in total. The number of thioether (sulfide) groups is 1. The Balaban J connectivity index is 1.54. The van der Waals surface area contributed by atoms with Gasteiger partial charge in [-0.25, -0.2) is 4.79 Å². The molecule has 150 valence electrons. The van der Waals surface area contributed by atoms with Crippen LogP contribution >= 0.6 is 11.8 Å². The van der Waals surface area contributed by atoms with Crippen LogP contribution in [0.1, 0.15) is 35.4 Å². The molecule has 4 rings (SSSR count). The molecule has 0 saturated carbocycles. The Labute approximate surface area is 171 Å². The highest BCUT2D eigenvalue weighted by molar-refractivity contribution is 8.00. The summed E-state index contributed by atoms with van der Waals surface area (Å²) in [7, 11) is 0. The summed E-state index contributed by atoms with van der Waals surface area (Å²) in [6, 6.07) is 5.46. The number of rotatable bonds is 6. The number of hydrogen-bond donors (Lipinski definition) is 1. The molecule has 1 amide bonds. The summed E-state index contributed by atoms with van der Waals surface area (Å²) in [5.41, 5.74) is 2.85. The monoisotopic (exact) mass is 411 g/mol. The molecule has 0 unspecified atom stereocenters. The first-order chi connectivity index (χ1) is 14.1. The summed E-state index contributed by atoms with van der Waals surface area (Å²) in [5.74, 6) is 0.951. The van der Waals surface area contributed by atoms with Crippen LogP contribution in [-0.2, 0) is 24.2 Å². The zero-order valence-corrected chi connectivity index (χ0v) is 16.9. The van der Waals surface area contributed by atoms with Crippen LogP contribution in [0.4, 0.5) is 5.82 Å². The molecule has 9 heteroatoms. The minimum atomic E-state index is -0.280. The lowest BCUT2D eigenvalue weighted by molar-refractivity contribution is -0.113. The van der Waals surface area contributed by atoms with Crippen LogP contribution in [0.25, 0.3) is 0 Å². The first kappa shape index (κ1) is 19.4. The number of aromatic nitrogens is 4. The molecule has 0 atom stereocenters. The minimum Gasteiger partial charge on any atom is -0.360 e. The van der Waals surface area contributed by atoms with Gasteiger partial charge in [-0.2, -0.15) is 4.98 Å². The first-order valence-corrected chi connectivity index (χ1v) is 10.5. The van der Waals surface area contributed by atoms with E-state index in [0.717, 1.165) is 42.5 Å². The predicted molar refractivity (Wildman–Crippen MR) is 109 cm³/mol. The highest BCUT2D eigenvalue weighted by Crippen LogP contribution is 2.28. The molecule has 3 aromatic heterocycles. The van der Waals surface area contributed by atoms with Crippen molar-refractivity contribution in [3.05, 3.63) is 63.7 Å². The molecule has 8 nitrogen and oxygen atoms in total. The molecule has 0 aliphatic heterocycles. The standard InChI is InChI=1S/C20H21N5O3S/c1-13-10-17(24-28-13)22-18(26)12-29-19-15-4-2-3-5-16(15)25(20(27)23-19)11-14-6-8-21-9-7-14/h6-10H,2-5,11-12H2,1H3,(H,22,24,26). The quantitative estimate of drug-likeness (QED) is 0.491. The fourth-order valence-corrected chi connectivity index (χ4v) is 4.32. The zero-order valence-electron chi connectivity index (χ0n) is 16.1. The van der Waals surface area contributed by atoms with Crippen LogP contribution in [0.15, 0.2) is 44.9 Å². The summed E-state index contributed by atoms with van der Waals surface area (Å²) in [5, 5.41) is 7.10. The Morgan fingerprint density at radius 1 is 1.28 bits per heavy atom. The van der Waals surface area contributed by atoms with Crippen molar-refractivity contribution in [3.8, 4) is 0 Å². The van der Waals surface area contributed by atoms with Crippen molar-refractivity contribution in [2.75, 3.05) is 11.1 Å². The van der Waals surface area contributed by atoms with Crippen molar-refractivity contribution in [1.82, 2.24) is 19.7 Å². The van der Waals surface area contributed by atoms with Crippen LogP contribution in [0.2, 0.25) is 0 Å². The normalized spacial score (nSPS) is 13.1. The number of carbonyl (C=O) groups excluding carboxylic acids is 1. The van der Waals surface area contributed by atoms with E-state index in [-0.39, 0.29) is 17.3 Å². The van der Waals surface area contributed by atoms with E-state index in [9.17, 15) is 9.59 Å². The number of aryl methyl sites for hydroxylation is 1. The summed E-state index contributed by atoms with van der Waals surface area (Å²) in [4.78, 5) is 33.3. The third kappa shape index (κ3) is 4.56. The van der Waals surface area contributed by atoms with Gasteiger partial charge in [0.25, 0.3) is 0 Å².